The van der Waals surface area contributed by atoms with Crippen molar-refractivity contribution >= 4 is 106 Å². The normalized spacial score (nSPS) is 16.1. The molecular formula is C74H73B3N9O3+3. The van der Waals surface area contributed by atoms with E-state index in [1.165, 1.54) is 28.3 Å². The van der Waals surface area contributed by atoms with Crippen molar-refractivity contribution in [1.82, 2.24) is 29.4 Å². The molecular weight excluding hydrogens is 1100 g/mol. The van der Waals surface area contributed by atoms with E-state index in [1.54, 1.807) is 24.4 Å². The first-order valence-corrected chi connectivity index (χ1v) is 29.5. The van der Waals surface area contributed by atoms with Gasteiger partial charge in [0.05, 0.1) is 0 Å². The maximum atomic E-state index is 8.12. The van der Waals surface area contributed by atoms with Crippen LogP contribution >= 0.6 is 0 Å². The van der Waals surface area contributed by atoms with Crippen LogP contribution in [-0.2, 0) is 21.1 Å². The van der Waals surface area contributed by atoms with Crippen molar-refractivity contribution in [2.75, 3.05) is 21.1 Å². The van der Waals surface area contributed by atoms with E-state index in [9.17, 15) is 0 Å². The van der Waals surface area contributed by atoms with Gasteiger partial charge in [0, 0.05) is 119 Å². The first-order valence-electron chi connectivity index (χ1n) is 35.5. The molecule has 15 heteroatoms. The molecule has 0 atom stereocenters. The highest BCUT2D eigenvalue weighted by molar-refractivity contribution is 6.87. The summed E-state index contributed by atoms with van der Waals surface area (Å²) in [5, 5.41) is 5.26. The van der Waals surface area contributed by atoms with Crippen LogP contribution in [0.3, 0.4) is 0 Å². The second kappa shape index (κ2) is 23.3. The lowest BCUT2D eigenvalue weighted by Gasteiger charge is -2.25. The quantitative estimate of drug-likeness (QED) is 0.139. The van der Waals surface area contributed by atoms with Crippen LogP contribution in [0, 0.1) is 34.3 Å². The lowest BCUT2D eigenvalue weighted by atomic mass is 9.49. The summed E-state index contributed by atoms with van der Waals surface area (Å²) < 4.78 is 117. The molecule has 3 aliphatic heterocycles. The van der Waals surface area contributed by atoms with E-state index in [0.29, 0.717) is 33.2 Å². The van der Waals surface area contributed by atoms with Gasteiger partial charge in [0.1, 0.15) is 21.1 Å². The molecule has 0 unspecified atom stereocenters. The number of aryl methyl sites for hydroxylation is 8. The van der Waals surface area contributed by atoms with Crippen molar-refractivity contribution in [1.29, 1.82) is 0 Å². The van der Waals surface area contributed by atoms with Crippen LogP contribution in [0.1, 0.15) is 65.4 Å². The van der Waals surface area contributed by atoms with Crippen LogP contribution in [-0.4, -0.2) is 71.1 Å². The van der Waals surface area contributed by atoms with E-state index in [-0.39, 0.29) is 48.9 Å². The smallest absolute Gasteiger partial charge is 0.399 e. The summed E-state index contributed by atoms with van der Waals surface area (Å²) in [6.07, 6.45) is 11.8. The lowest BCUT2D eigenvalue weighted by Crippen LogP contribution is -2.62. The van der Waals surface area contributed by atoms with Gasteiger partial charge in [-0.3, -0.25) is 0 Å². The first-order chi connectivity index (χ1) is 47.7. The van der Waals surface area contributed by atoms with Gasteiger partial charge in [-0.15, -0.1) is 0 Å². The molecule has 0 saturated carbocycles. The van der Waals surface area contributed by atoms with Gasteiger partial charge in [-0.05, 0) is 146 Å². The Kier molecular flexibility index (Phi) is 11.8. The minimum atomic E-state index is -2.32. The summed E-state index contributed by atoms with van der Waals surface area (Å²) in [6, 6.07) is 48.9. The molecule has 0 bridgehead atoms. The second-order valence-corrected chi connectivity index (χ2v) is 23.4. The highest BCUT2D eigenvalue weighted by Crippen LogP contribution is 2.25. The van der Waals surface area contributed by atoms with Crippen molar-refractivity contribution in [2.24, 2.45) is 21.1 Å². The zero-order valence-corrected chi connectivity index (χ0v) is 51.4. The van der Waals surface area contributed by atoms with Crippen LogP contribution < -0.4 is 62.4 Å². The van der Waals surface area contributed by atoms with E-state index in [1.807, 2.05) is 136 Å². The molecule has 0 amide bonds. The van der Waals surface area contributed by atoms with Crippen molar-refractivity contribution in [3.8, 4) is 33.4 Å². The standard InChI is InChI=1S/2C25H25BN3O.C24H23BN3O/c1-16-14-28(4)23(13-21(16)19-9-7-6-8-10-19)26-18(3)24-20-12-11-17(2)27-25(20)30-22(24)15-29(26)5;1-16-13-23(28(4)14-21(16)19-9-7-6-8-10-19)26-18(3)24-20-12-11-17(2)27-25(20)30-22(24)15-29(26)5;1-16-10-11-20-23-17(2)25(28(4)15-21(23)29-24(20)26-16)22-14-19(12-13-27(22)3)18-8-6-5-7-9-18/h2*6-15H,1-5H3;5-15H,1-4H3/q3*+1/i1D3,2D3;2D3;1D3. The van der Waals surface area contributed by atoms with Crippen molar-refractivity contribution in [3.63, 3.8) is 0 Å². The minimum Gasteiger partial charge on any atom is -0.436 e. The molecule has 12 aromatic rings. The third-order valence-corrected chi connectivity index (χ3v) is 17.5. The topological polar surface area (TPSA) is 99.5 Å². The van der Waals surface area contributed by atoms with Gasteiger partial charge in [0.25, 0.3) is 0 Å². The van der Waals surface area contributed by atoms with E-state index < -0.39 is 27.4 Å². The third kappa shape index (κ3) is 10.6. The number of aromatic nitrogens is 6. The molecule has 9 aromatic heterocycles. The van der Waals surface area contributed by atoms with Gasteiger partial charge in [-0.25, -0.2) is 28.7 Å². The van der Waals surface area contributed by atoms with Gasteiger partial charge < -0.3 is 27.7 Å². The minimum absolute atomic E-state index is 0.000690. The van der Waals surface area contributed by atoms with Gasteiger partial charge in [0.15, 0.2) is 51.6 Å². The molecule has 12 heterocycles. The molecule has 0 aliphatic carbocycles. The zero-order valence-electron chi connectivity index (χ0n) is 63.4. The lowest BCUT2D eigenvalue weighted by molar-refractivity contribution is -0.654. The maximum Gasteiger partial charge on any atom is 0.399 e. The number of hydrogen-bond donors (Lipinski definition) is 0. The summed E-state index contributed by atoms with van der Waals surface area (Å²) in [5.41, 5.74) is 17.3. The fourth-order valence-corrected chi connectivity index (χ4v) is 13.3. The predicted octanol–water partition coefficient (Wildman–Crippen LogP) is 6.38. The highest BCUT2D eigenvalue weighted by atomic mass is 16.3. The number of rotatable bonds is 6. The van der Waals surface area contributed by atoms with E-state index in [2.05, 4.69) is 136 Å². The monoisotopic (exact) mass is 1180 g/mol. The van der Waals surface area contributed by atoms with Crippen LogP contribution in [0.2, 0.25) is 0 Å². The largest absolute Gasteiger partial charge is 0.436 e. The molecule has 15 rings (SSSR count). The van der Waals surface area contributed by atoms with Crippen molar-refractivity contribution in [3.05, 3.63) is 230 Å². The first kappa shape index (κ1) is 45.3. The van der Waals surface area contributed by atoms with E-state index in [4.69, 9.17) is 29.7 Å². The average molecular weight is 1180 g/mol. The number of benzene rings is 3. The Morgan fingerprint density at radius 1 is 0.393 bits per heavy atom. The molecule has 0 N–H and O–H groups in total. The molecule has 0 radical (unpaired) electrons. The van der Waals surface area contributed by atoms with Gasteiger partial charge >= 0.3 is 20.5 Å². The van der Waals surface area contributed by atoms with E-state index >= 15 is 0 Å². The Morgan fingerprint density at radius 2 is 0.787 bits per heavy atom. The second-order valence-electron chi connectivity index (χ2n) is 23.4. The number of furan rings is 3. The Balaban J connectivity index is 0.000000136. The Hall–Kier alpha value is -10.0. The SMILES string of the molecule is [2H]C([2H])([2H])c1ccc2c3c(oc2n1)=CN(C)B(c1cc(-c2ccccc2)c(C([2H])([2H])[2H])c[n+]1C)C=3C.[2H]C([2H])([2H])c1ccc2c3c(oc2n1)=CN(C)B(c1cc(-c2ccccc2)cc[n+]1C)C=3C.[2H]C([2H])([2H])c1ccc2c3c(oc2n1)=CN(C)B(c1cc(C)c(-c2ccccc2)c[n+]1C)C=3C. The molecule has 0 saturated heterocycles. The molecule has 0 fully saturated rings. The number of fused-ring (bicyclic) bond motifs is 9. The molecule has 3 aromatic carbocycles. The van der Waals surface area contributed by atoms with E-state index in [0.717, 1.165) is 76.1 Å². The fourth-order valence-electron chi connectivity index (χ4n) is 13.3. The molecule has 438 valence electrons. The number of hydrogen-bond acceptors (Lipinski definition) is 9. The summed E-state index contributed by atoms with van der Waals surface area (Å²) >= 11 is 0. The molecule has 89 heavy (non-hydrogen) atoms. The van der Waals surface area contributed by atoms with Crippen molar-refractivity contribution < 1.29 is 43.4 Å². The predicted molar refractivity (Wildman–Crippen MR) is 363 cm³/mol. The average Bonchev–Trinajstić information content (AvgIpc) is 1.66. The number of pyridine rings is 6. The van der Waals surface area contributed by atoms with Gasteiger partial charge in [-0.2, -0.15) is 0 Å². The fraction of sp³-hybridized carbons (Fsp3) is 0.189. The van der Waals surface area contributed by atoms with Crippen LogP contribution in [0.5, 0.6) is 0 Å². The van der Waals surface area contributed by atoms with Gasteiger partial charge in [0.2, 0.25) is 17.1 Å². The summed E-state index contributed by atoms with van der Waals surface area (Å²) in [5.74, 6) is 0. The molecule has 0 spiro atoms. The molecule has 12 nitrogen and oxygen atoms in total. The summed E-state index contributed by atoms with van der Waals surface area (Å²) in [6.45, 7) is -0.960. The van der Waals surface area contributed by atoms with Crippen LogP contribution in [0.25, 0.3) is 102 Å². The Labute approximate surface area is 537 Å². The maximum absolute atomic E-state index is 8.12. The summed E-state index contributed by atoms with van der Waals surface area (Å²) in [4.78, 5) is 19.2. The molecule has 3 aliphatic rings. The zero-order chi connectivity index (χ0) is 72.1. The third-order valence-electron chi connectivity index (χ3n) is 17.5. The number of nitrogens with zero attached hydrogens (tertiary/aromatic N) is 9. The van der Waals surface area contributed by atoms with Crippen LogP contribution in [0.15, 0.2) is 184 Å². The Morgan fingerprint density at radius 3 is 1.21 bits per heavy atom. The Bertz CT molecular complexity index is 5690. The van der Waals surface area contributed by atoms with Crippen LogP contribution in [0.4, 0.5) is 0 Å². The van der Waals surface area contributed by atoms with Crippen molar-refractivity contribution in [2.45, 2.75) is 55.1 Å². The summed E-state index contributed by atoms with van der Waals surface area (Å²) in [7, 11) is 12.0. The highest BCUT2D eigenvalue weighted by Gasteiger charge is 2.39. The van der Waals surface area contributed by atoms with Gasteiger partial charge in [-0.1, -0.05) is 107 Å².